The minimum atomic E-state index is -5.18. The Kier molecular flexibility index (Phi) is 13.6. The third-order valence-corrected chi connectivity index (χ3v) is 4.35. The normalized spacial score (nSPS) is 15.1. The molecular weight excluding hydrogens is 524 g/mol. The second-order valence-corrected chi connectivity index (χ2v) is 8.68. The van der Waals surface area contributed by atoms with Crippen molar-refractivity contribution in [1.29, 1.82) is 0 Å². The van der Waals surface area contributed by atoms with Gasteiger partial charge in [-0.25, -0.2) is 0 Å². The molecule has 0 rings (SSSR count). The molecular formula is C19H31F3N5O5Y+2. The molecule has 0 aromatic rings. The largest absolute Gasteiger partial charge is 3.00 e. The van der Waals surface area contributed by atoms with Crippen LogP contribution in [0.4, 0.5) is 13.2 Å². The number of rotatable bonds is 9. The van der Waals surface area contributed by atoms with E-state index in [-0.39, 0.29) is 32.7 Å². The van der Waals surface area contributed by atoms with Gasteiger partial charge in [0.15, 0.2) is 0 Å². The van der Waals surface area contributed by atoms with E-state index in [2.05, 4.69) is 10.6 Å². The van der Waals surface area contributed by atoms with Crippen molar-refractivity contribution >= 4 is 29.4 Å². The third-order valence-electron chi connectivity index (χ3n) is 4.35. The average Bonchev–Trinajstić information content (AvgIpc) is 2.62. The maximum atomic E-state index is 12.9. The fourth-order valence-electron chi connectivity index (χ4n) is 2.39. The number of ketones is 1. The number of alkyl halides is 3. The van der Waals surface area contributed by atoms with Crippen molar-refractivity contribution in [3.05, 3.63) is 5.73 Å². The van der Waals surface area contributed by atoms with Crippen molar-refractivity contribution in [2.75, 3.05) is 14.1 Å². The van der Waals surface area contributed by atoms with E-state index in [0.717, 1.165) is 11.8 Å². The van der Waals surface area contributed by atoms with Gasteiger partial charge in [-0.1, -0.05) is 33.7 Å². The Balaban J connectivity index is 0. The minimum absolute atomic E-state index is 0. The van der Waals surface area contributed by atoms with E-state index in [0.29, 0.717) is 0 Å². The van der Waals surface area contributed by atoms with E-state index >= 15 is 0 Å². The number of carbonyl (C=O) groups is 5. The van der Waals surface area contributed by atoms with Gasteiger partial charge >= 0.3 is 38.9 Å². The van der Waals surface area contributed by atoms with E-state index in [4.69, 9.17) is 5.73 Å². The summed E-state index contributed by atoms with van der Waals surface area (Å²) < 4.78 is 37.8. The van der Waals surface area contributed by atoms with Crippen LogP contribution in [0.1, 0.15) is 41.0 Å². The number of hydrogen-bond acceptors (Lipinski definition) is 5. The van der Waals surface area contributed by atoms with Gasteiger partial charge in [0.2, 0.25) is 23.6 Å². The first-order valence-electron chi connectivity index (χ1n) is 9.72. The molecule has 0 radical (unpaired) electrons. The van der Waals surface area contributed by atoms with Crippen LogP contribution in [0.3, 0.4) is 0 Å². The predicted octanol–water partition coefficient (Wildman–Crippen LogP) is 0.555. The summed E-state index contributed by atoms with van der Waals surface area (Å²) in [6.45, 7) is 6.94. The molecule has 4 N–H and O–H groups in total. The quantitative estimate of drug-likeness (QED) is 0.380. The molecule has 4 amide bonds. The van der Waals surface area contributed by atoms with Crippen LogP contribution >= 0.6 is 0 Å². The van der Waals surface area contributed by atoms with Crippen molar-refractivity contribution in [3.8, 4) is 0 Å². The van der Waals surface area contributed by atoms with Gasteiger partial charge in [0.05, 0.1) is 12.5 Å². The van der Waals surface area contributed by atoms with Crippen molar-refractivity contribution in [2.24, 2.45) is 5.41 Å². The van der Waals surface area contributed by atoms with E-state index in [1.165, 1.54) is 21.0 Å². The average molecular weight is 555 g/mol. The van der Waals surface area contributed by atoms with Gasteiger partial charge < -0.3 is 26.6 Å². The van der Waals surface area contributed by atoms with Crippen LogP contribution in [0.2, 0.25) is 0 Å². The number of nitrogens with one attached hydrogen (secondary N) is 4. The first-order valence-corrected chi connectivity index (χ1v) is 9.72. The molecule has 0 bridgehead atoms. The maximum Gasteiger partial charge on any atom is 3.00 e. The van der Waals surface area contributed by atoms with Crippen LogP contribution < -0.4 is 16.0 Å². The summed E-state index contributed by atoms with van der Waals surface area (Å²) in [5, 5.41) is 6.52. The first-order chi connectivity index (χ1) is 14.3. The summed E-state index contributed by atoms with van der Waals surface area (Å²) in [7, 11) is 2.76. The molecule has 0 aliphatic carbocycles. The number of amides is 4. The van der Waals surface area contributed by atoms with E-state index in [1.54, 1.807) is 20.8 Å². The molecule has 0 aliphatic rings. The summed E-state index contributed by atoms with van der Waals surface area (Å²) in [4.78, 5) is 61.9. The third kappa shape index (κ3) is 11.4. The topological polar surface area (TPSA) is 148 Å². The van der Waals surface area contributed by atoms with Gasteiger partial charge in [0.1, 0.15) is 12.1 Å². The van der Waals surface area contributed by atoms with Crippen LogP contribution in [-0.4, -0.2) is 78.8 Å². The van der Waals surface area contributed by atoms with Gasteiger partial charge in [-0.2, -0.15) is 13.2 Å². The number of carbonyl (C=O) groups excluding carboxylic acids is 5. The number of halogens is 3. The van der Waals surface area contributed by atoms with Crippen molar-refractivity contribution in [1.82, 2.24) is 20.9 Å². The Morgan fingerprint density at radius 1 is 0.879 bits per heavy atom. The number of hydrogen-bond donors (Lipinski definition) is 3. The van der Waals surface area contributed by atoms with Gasteiger partial charge in [0.25, 0.3) is 5.78 Å². The summed E-state index contributed by atoms with van der Waals surface area (Å²) in [6, 6.07) is -5.97. The van der Waals surface area contributed by atoms with Gasteiger partial charge in [-0.05, 0) is 12.3 Å². The molecule has 0 aromatic carbocycles. The molecule has 4 atom stereocenters. The zero-order valence-corrected chi connectivity index (χ0v) is 22.6. The zero-order chi connectivity index (χ0) is 25.6. The fourth-order valence-corrected chi connectivity index (χ4v) is 2.39. The molecule has 14 heteroatoms. The number of nitrogens with zero attached hydrogens (tertiary/aromatic N) is 1. The Morgan fingerprint density at radius 3 is 1.73 bits per heavy atom. The molecule has 0 saturated carbocycles. The molecule has 0 saturated heterocycles. The van der Waals surface area contributed by atoms with Crippen LogP contribution in [-0.2, 0) is 56.7 Å². The van der Waals surface area contributed by atoms with Crippen LogP contribution in [0.5, 0.6) is 0 Å². The molecule has 0 aliphatic heterocycles. The van der Waals surface area contributed by atoms with Gasteiger partial charge in [0, 0.05) is 14.1 Å². The predicted molar refractivity (Wildman–Crippen MR) is 109 cm³/mol. The summed E-state index contributed by atoms with van der Waals surface area (Å²) in [5.74, 6) is -5.62. The zero-order valence-electron chi connectivity index (χ0n) is 19.7. The van der Waals surface area contributed by atoms with Crippen LogP contribution in [0, 0.1) is 5.41 Å². The molecule has 10 nitrogen and oxygen atoms in total. The maximum absolute atomic E-state index is 12.9. The SMILES string of the molecule is CC([NH-])C(=O)NC(C(=O)NC(CC(=O)N(C)C)C(=O)NC(C)C(=O)C(F)(F)F)C(C)(C)C.[Y+3]. The van der Waals surface area contributed by atoms with Gasteiger partial charge in [-0.15, -0.1) is 0 Å². The summed E-state index contributed by atoms with van der Waals surface area (Å²) in [5.41, 5.74) is 6.58. The standard InChI is InChI=1S/C19H31F3N5O5.Y/c1-9(23)15(30)26-13(18(3,4)5)17(32)25-11(8-12(28)27(6)7)16(31)24-10(2)14(29)19(20,21)22;/h9-11,13,23H,8H2,1-7H3,(H,24,31)(H,25,32)(H,26,30);/q-1;+3. The van der Waals surface area contributed by atoms with Crippen molar-refractivity contribution in [3.63, 3.8) is 0 Å². The Bertz CT molecular complexity index is 738. The van der Waals surface area contributed by atoms with Crippen molar-refractivity contribution < 1.29 is 69.9 Å². The second-order valence-electron chi connectivity index (χ2n) is 8.68. The van der Waals surface area contributed by atoms with Gasteiger partial charge in [-0.3, -0.25) is 24.0 Å². The molecule has 184 valence electrons. The molecule has 0 fully saturated rings. The van der Waals surface area contributed by atoms with Crippen molar-refractivity contribution in [2.45, 2.75) is 71.4 Å². The van der Waals surface area contributed by atoms with Crippen LogP contribution in [0.15, 0.2) is 0 Å². The summed E-state index contributed by atoms with van der Waals surface area (Å²) in [6.07, 6.45) is -5.78. The van der Waals surface area contributed by atoms with E-state index < -0.39 is 71.6 Å². The molecule has 33 heavy (non-hydrogen) atoms. The Labute approximate surface area is 216 Å². The monoisotopic (exact) mass is 555 g/mol. The minimum Gasteiger partial charge on any atom is -0.667 e. The Morgan fingerprint density at radius 2 is 1.36 bits per heavy atom. The van der Waals surface area contributed by atoms with E-state index in [1.807, 2.05) is 5.32 Å². The van der Waals surface area contributed by atoms with E-state index in [9.17, 15) is 37.1 Å². The Hall–Kier alpha value is -1.60. The second kappa shape index (κ2) is 13.3. The smallest absolute Gasteiger partial charge is 0.667 e. The molecule has 0 heterocycles. The molecule has 0 spiro atoms. The fraction of sp³-hybridized carbons (Fsp3) is 0.737. The molecule has 4 unspecified atom stereocenters. The summed E-state index contributed by atoms with van der Waals surface area (Å²) >= 11 is 0. The first kappa shape index (κ1) is 33.6. The number of Topliss-reactive ketones (excluding diaryl/α,β-unsaturated/α-hetero) is 1. The van der Waals surface area contributed by atoms with Crippen LogP contribution in [0.25, 0.3) is 5.73 Å². The molecule has 0 aromatic heterocycles.